The molecule has 0 bridgehead atoms. The van der Waals surface area contributed by atoms with Gasteiger partial charge in [-0.3, -0.25) is 15.1 Å². The fourth-order valence-corrected chi connectivity index (χ4v) is 4.56. The van der Waals surface area contributed by atoms with E-state index in [9.17, 15) is 9.90 Å². The Hall–Kier alpha value is -2.44. The van der Waals surface area contributed by atoms with Crippen molar-refractivity contribution in [2.45, 2.75) is 37.3 Å². The van der Waals surface area contributed by atoms with Crippen LogP contribution >= 0.6 is 0 Å². The van der Waals surface area contributed by atoms with Crippen LogP contribution in [0.1, 0.15) is 35.1 Å². The number of hydrogen-bond donors (Lipinski definition) is 4. The van der Waals surface area contributed by atoms with Gasteiger partial charge in [0.2, 0.25) is 5.91 Å². The normalized spacial score (nSPS) is 31.2. The number of nitrogens with one attached hydrogen (secondary N) is 2. The van der Waals surface area contributed by atoms with E-state index in [-0.39, 0.29) is 41.5 Å². The summed E-state index contributed by atoms with van der Waals surface area (Å²) in [6.45, 7) is 2.47. The Labute approximate surface area is 152 Å². The molecule has 6 heteroatoms. The van der Waals surface area contributed by atoms with Crippen LogP contribution in [0.2, 0.25) is 0 Å². The number of pyridine rings is 1. The van der Waals surface area contributed by atoms with E-state index in [0.29, 0.717) is 6.67 Å². The number of carbonyl (C=O) groups excluding carboxylic acids is 1. The van der Waals surface area contributed by atoms with E-state index in [4.69, 9.17) is 5.73 Å². The van der Waals surface area contributed by atoms with Crippen molar-refractivity contribution in [3.63, 3.8) is 0 Å². The molecule has 6 nitrogen and oxygen atoms in total. The molecule has 1 saturated carbocycles. The number of nitrogens with two attached hydrogens (primary N) is 1. The summed E-state index contributed by atoms with van der Waals surface area (Å²) in [6.07, 6.45) is 2.57. The van der Waals surface area contributed by atoms with Crippen LogP contribution < -0.4 is 16.4 Å². The maximum Gasteiger partial charge on any atom is 0.227 e. The van der Waals surface area contributed by atoms with E-state index < -0.39 is 0 Å². The third-order valence-corrected chi connectivity index (χ3v) is 5.84. The summed E-state index contributed by atoms with van der Waals surface area (Å²) in [4.78, 5) is 17.2. The molecule has 26 heavy (non-hydrogen) atoms. The lowest BCUT2D eigenvalue weighted by Gasteiger charge is -2.48. The highest BCUT2D eigenvalue weighted by molar-refractivity contribution is 5.81. The van der Waals surface area contributed by atoms with Crippen molar-refractivity contribution < 1.29 is 9.90 Å². The van der Waals surface area contributed by atoms with Crippen molar-refractivity contribution in [2.24, 2.45) is 11.7 Å². The van der Waals surface area contributed by atoms with Crippen LogP contribution in [-0.4, -0.2) is 34.8 Å². The Balaban J connectivity index is 1.78. The zero-order valence-corrected chi connectivity index (χ0v) is 14.7. The molecule has 1 aliphatic heterocycles. The lowest BCUT2D eigenvalue weighted by Crippen LogP contribution is -2.65. The van der Waals surface area contributed by atoms with Crippen molar-refractivity contribution in [3.8, 4) is 5.75 Å². The smallest absolute Gasteiger partial charge is 0.227 e. The molecular formula is C20H24N4O2. The number of phenols is 1. The van der Waals surface area contributed by atoms with E-state index >= 15 is 0 Å². The van der Waals surface area contributed by atoms with Gasteiger partial charge in [0.1, 0.15) is 5.75 Å². The topological polar surface area (TPSA) is 100 Å². The van der Waals surface area contributed by atoms with Gasteiger partial charge in [-0.1, -0.05) is 12.1 Å². The second-order valence-corrected chi connectivity index (χ2v) is 7.30. The van der Waals surface area contributed by atoms with Gasteiger partial charge in [0, 0.05) is 35.8 Å². The summed E-state index contributed by atoms with van der Waals surface area (Å²) in [5.41, 5.74) is 9.67. The quantitative estimate of drug-likeness (QED) is 0.654. The standard InChI is InChI=1S/C20H24N4O2/c1-11-5-6-12(25)8-13(11)14-9-15(16-4-2-3-7-22-16)19-17(18(14)21)20(26)24-10-23-19/h2-8,14-15,17-19,23,25H,9-10,21H2,1H3,(H,24,26). The third-order valence-electron chi connectivity index (χ3n) is 5.84. The molecule has 2 fully saturated rings. The van der Waals surface area contributed by atoms with Gasteiger partial charge in [-0.05, 0) is 48.7 Å². The molecule has 1 aliphatic carbocycles. The average molecular weight is 352 g/mol. The molecule has 0 spiro atoms. The van der Waals surface area contributed by atoms with Gasteiger partial charge < -0.3 is 16.2 Å². The molecule has 5 atom stereocenters. The van der Waals surface area contributed by atoms with Crippen LogP contribution in [0.5, 0.6) is 5.75 Å². The van der Waals surface area contributed by atoms with E-state index in [1.165, 1.54) is 0 Å². The molecule has 2 aliphatic rings. The van der Waals surface area contributed by atoms with Gasteiger partial charge in [0.05, 0.1) is 12.6 Å². The minimum absolute atomic E-state index is 0.00955. The number of hydrogen-bond acceptors (Lipinski definition) is 5. The van der Waals surface area contributed by atoms with Crippen molar-refractivity contribution in [1.29, 1.82) is 0 Å². The van der Waals surface area contributed by atoms with Crippen molar-refractivity contribution in [1.82, 2.24) is 15.6 Å². The molecule has 0 radical (unpaired) electrons. The highest BCUT2D eigenvalue weighted by atomic mass is 16.3. The first-order valence-corrected chi connectivity index (χ1v) is 9.03. The van der Waals surface area contributed by atoms with E-state index in [1.54, 1.807) is 18.3 Å². The van der Waals surface area contributed by atoms with Gasteiger partial charge >= 0.3 is 0 Å². The monoisotopic (exact) mass is 352 g/mol. The first-order valence-electron chi connectivity index (χ1n) is 9.03. The SMILES string of the molecule is Cc1ccc(O)cc1C1CC(c2ccccn2)C2NCNC(=O)C2C1N. The number of carbonyl (C=O) groups is 1. The van der Waals surface area contributed by atoms with Crippen molar-refractivity contribution in [2.75, 3.05) is 6.67 Å². The number of aromatic nitrogens is 1. The highest BCUT2D eigenvalue weighted by Crippen LogP contribution is 2.45. The fraction of sp³-hybridized carbons (Fsp3) is 0.400. The number of aromatic hydroxyl groups is 1. The Kier molecular flexibility index (Phi) is 4.38. The van der Waals surface area contributed by atoms with Crippen LogP contribution in [-0.2, 0) is 4.79 Å². The number of rotatable bonds is 2. The Bertz CT molecular complexity index is 811. The molecule has 136 valence electrons. The van der Waals surface area contributed by atoms with Gasteiger partial charge in [0.15, 0.2) is 0 Å². The van der Waals surface area contributed by atoms with E-state index in [2.05, 4.69) is 15.6 Å². The fourth-order valence-electron chi connectivity index (χ4n) is 4.56. The summed E-state index contributed by atoms with van der Waals surface area (Å²) in [5.74, 6) is -0.0683. The Morgan fingerprint density at radius 1 is 1.23 bits per heavy atom. The predicted octanol–water partition coefficient (Wildman–Crippen LogP) is 1.36. The van der Waals surface area contributed by atoms with Crippen molar-refractivity contribution in [3.05, 3.63) is 59.4 Å². The summed E-state index contributed by atoms with van der Waals surface area (Å²) < 4.78 is 0. The second kappa shape index (κ2) is 6.70. The minimum atomic E-state index is -0.337. The maximum atomic E-state index is 12.6. The molecule has 4 rings (SSSR count). The van der Waals surface area contributed by atoms with Gasteiger partial charge in [-0.25, -0.2) is 0 Å². The molecule has 5 N–H and O–H groups in total. The third kappa shape index (κ3) is 2.85. The number of phenolic OH excluding ortho intramolecular Hbond substituents is 1. The number of benzene rings is 1. The Morgan fingerprint density at radius 3 is 2.85 bits per heavy atom. The number of nitrogens with zero attached hydrogens (tertiary/aromatic N) is 1. The number of aryl methyl sites for hydroxylation is 1. The first kappa shape index (κ1) is 17.0. The van der Waals surface area contributed by atoms with Crippen molar-refractivity contribution >= 4 is 5.91 Å². The predicted molar refractivity (Wildman–Crippen MR) is 98.6 cm³/mol. The lowest BCUT2D eigenvalue weighted by molar-refractivity contribution is -0.130. The largest absolute Gasteiger partial charge is 0.508 e. The van der Waals surface area contributed by atoms with Gasteiger partial charge in [0.25, 0.3) is 0 Å². The van der Waals surface area contributed by atoms with E-state index in [0.717, 1.165) is 23.2 Å². The molecule has 1 aromatic carbocycles. The molecule has 1 saturated heterocycles. The zero-order chi connectivity index (χ0) is 18.3. The first-order chi connectivity index (χ1) is 12.6. The highest BCUT2D eigenvalue weighted by Gasteiger charge is 2.49. The van der Waals surface area contributed by atoms with Crippen LogP contribution in [0.15, 0.2) is 42.6 Å². The molecule has 2 heterocycles. The van der Waals surface area contributed by atoms with Crippen LogP contribution in [0, 0.1) is 12.8 Å². The average Bonchev–Trinajstić information content (AvgIpc) is 2.65. The molecule has 5 unspecified atom stereocenters. The molecule has 1 amide bonds. The summed E-state index contributed by atoms with van der Waals surface area (Å²) >= 11 is 0. The molecular weight excluding hydrogens is 328 g/mol. The summed E-state index contributed by atoms with van der Waals surface area (Å²) in [6, 6.07) is 10.9. The minimum Gasteiger partial charge on any atom is -0.508 e. The summed E-state index contributed by atoms with van der Waals surface area (Å²) in [5, 5.41) is 16.3. The maximum absolute atomic E-state index is 12.6. The van der Waals surface area contributed by atoms with Crippen LogP contribution in [0.4, 0.5) is 0 Å². The molecule has 1 aromatic heterocycles. The summed E-state index contributed by atoms with van der Waals surface area (Å²) in [7, 11) is 0. The van der Waals surface area contributed by atoms with Gasteiger partial charge in [-0.15, -0.1) is 0 Å². The number of fused-ring (bicyclic) bond motifs is 1. The number of amides is 1. The van der Waals surface area contributed by atoms with Crippen LogP contribution in [0.3, 0.4) is 0 Å². The zero-order valence-electron chi connectivity index (χ0n) is 14.7. The Morgan fingerprint density at radius 2 is 2.08 bits per heavy atom. The van der Waals surface area contributed by atoms with E-state index in [1.807, 2.05) is 31.2 Å². The molecule has 2 aromatic rings. The lowest BCUT2D eigenvalue weighted by atomic mass is 9.64. The van der Waals surface area contributed by atoms with Crippen LogP contribution in [0.25, 0.3) is 0 Å². The second-order valence-electron chi connectivity index (χ2n) is 7.30. The van der Waals surface area contributed by atoms with Gasteiger partial charge in [-0.2, -0.15) is 0 Å².